The van der Waals surface area contributed by atoms with Crippen molar-refractivity contribution in [1.82, 2.24) is 0 Å². The van der Waals surface area contributed by atoms with Crippen molar-refractivity contribution in [2.45, 2.75) is 25.3 Å². The number of isocyanates is 1. The predicted octanol–water partition coefficient (Wildman–Crippen LogP) is -0.695. The molecule has 1 amide bonds. The molecule has 1 atom stereocenters. The van der Waals surface area contributed by atoms with Gasteiger partial charge in [0.2, 0.25) is 6.08 Å². The van der Waals surface area contributed by atoms with Crippen molar-refractivity contribution in [3.05, 3.63) is 0 Å². The molecule has 0 spiro atoms. The molecule has 68 valence electrons. The van der Waals surface area contributed by atoms with Crippen LogP contribution in [-0.2, 0) is 9.59 Å². The van der Waals surface area contributed by atoms with Gasteiger partial charge in [-0.3, -0.25) is 4.79 Å². The molecule has 4 N–H and O–H groups in total. The lowest BCUT2D eigenvalue weighted by molar-refractivity contribution is -0.119. The lowest BCUT2D eigenvalue weighted by atomic mass is 10.1. The monoisotopic (exact) mass is 171 g/mol. The van der Waals surface area contributed by atoms with E-state index in [1.165, 1.54) is 0 Å². The molecule has 0 aromatic heterocycles. The fourth-order valence-corrected chi connectivity index (χ4v) is 0.760. The summed E-state index contributed by atoms with van der Waals surface area (Å²) in [5.74, 6) is -0.609. The van der Waals surface area contributed by atoms with Gasteiger partial charge in [0.15, 0.2) is 0 Å². The summed E-state index contributed by atoms with van der Waals surface area (Å²) in [6.07, 6.45) is 3.28. The highest BCUT2D eigenvalue weighted by Gasteiger charge is 2.10. The molecule has 0 aliphatic heterocycles. The minimum absolute atomic E-state index is 0.515. The third-order valence-corrected chi connectivity index (χ3v) is 1.44. The fourth-order valence-electron chi connectivity index (χ4n) is 0.760. The molecule has 0 fully saturated rings. The number of nitrogens with zero attached hydrogens (tertiary/aromatic N) is 1. The molecule has 0 aliphatic carbocycles. The second-order valence-electron chi connectivity index (χ2n) is 2.43. The van der Waals surface area contributed by atoms with Gasteiger partial charge >= 0.3 is 0 Å². The summed E-state index contributed by atoms with van der Waals surface area (Å²) in [6, 6.07) is -0.682. The maximum Gasteiger partial charge on any atom is 0.273 e. The molecule has 0 heterocycles. The van der Waals surface area contributed by atoms with Crippen LogP contribution in [0.2, 0.25) is 0 Å². The van der Waals surface area contributed by atoms with Gasteiger partial charge in [-0.2, -0.15) is 0 Å². The number of carbonyl (C=O) groups is 1. The van der Waals surface area contributed by atoms with Gasteiger partial charge in [0.1, 0.15) is 0 Å². The lowest BCUT2D eigenvalue weighted by Gasteiger charge is -2.04. The van der Waals surface area contributed by atoms with E-state index in [1.54, 1.807) is 0 Å². The zero-order valence-electron chi connectivity index (χ0n) is 6.82. The van der Waals surface area contributed by atoms with Crippen LogP contribution < -0.4 is 11.5 Å². The van der Waals surface area contributed by atoms with Crippen molar-refractivity contribution in [2.75, 3.05) is 6.54 Å². The molecule has 0 radical (unpaired) electrons. The van der Waals surface area contributed by atoms with Crippen LogP contribution in [0.5, 0.6) is 0 Å². The minimum Gasteiger partial charge on any atom is -0.330 e. The lowest BCUT2D eigenvalue weighted by Crippen LogP contribution is -2.28. The van der Waals surface area contributed by atoms with Gasteiger partial charge in [0, 0.05) is 0 Å². The summed E-state index contributed by atoms with van der Waals surface area (Å²) < 4.78 is 0. The number of nitrogens with two attached hydrogens (primary N) is 2. The Morgan fingerprint density at radius 2 is 2.17 bits per heavy atom. The molecule has 0 rings (SSSR count). The summed E-state index contributed by atoms with van der Waals surface area (Å²) >= 11 is 0. The number of unbranched alkanes of at least 4 members (excludes halogenated alkanes) is 1. The fraction of sp³-hybridized carbons (Fsp3) is 0.714. The first-order valence-electron chi connectivity index (χ1n) is 3.79. The number of hydrogen-bond donors (Lipinski definition) is 2. The van der Waals surface area contributed by atoms with Crippen molar-refractivity contribution in [1.29, 1.82) is 0 Å². The van der Waals surface area contributed by atoms with Gasteiger partial charge in [0.05, 0.1) is 6.04 Å². The molecule has 0 aromatic carbocycles. The van der Waals surface area contributed by atoms with Crippen LogP contribution in [0.15, 0.2) is 4.99 Å². The minimum atomic E-state index is -0.682. The molecular weight excluding hydrogens is 158 g/mol. The summed E-state index contributed by atoms with van der Waals surface area (Å²) in [5, 5.41) is 0. The first-order valence-corrected chi connectivity index (χ1v) is 3.79. The van der Waals surface area contributed by atoms with Gasteiger partial charge in [0.25, 0.3) is 5.91 Å². The average Bonchev–Trinajstić information content (AvgIpc) is 2.05. The van der Waals surface area contributed by atoms with Gasteiger partial charge < -0.3 is 11.5 Å². The third-order valence-electron chi connectivity index (χ3n) is 1.44. The maximum atomic E-state index is 10.8. The Kier molecular flexibility index (Phi) is 6.09. The van der Waals surface area contributed by atoms with Crippen molar-refractivity contribution in [2.24, 2.45) is 16.5 Å². The molecule has 12 heavy (non-hydrogen) atoms. The largest absolute Gasteiger partial charge is 0.330 e. The maximum absolute atomic E-state index is 10.8. The van der Waals surface area contributed by atoms with Crippen molar-refractivity contribution >= 4 is 12.0 Å². The Labute approximate surface area is 70.8 Å². The van der Waals surface area contributed by atoms with E-state index in [9.17, 15) is 9.59 Å². The number of amides is 1. The zero-order chi connectivity index (χ0) is 9.40. The number of rotatable bonds is 5. The SMILES string of the molecule is NCCCC[C@H](N)C(=O)N=C=O. The summed E-state index contributed by atoms with van der Waals surface area (Å²) in [5.41, 5.74) is 10.6. The van der Waals surface area contributed by atoms with Crippen LogP contribution in [0.1, 0.15) is 19.3 Å². The molecule has 0 saturated heterocycles. The summed E-state index contributed by atoms with van der Waals surface area (Å²) in [6.45, 7) is 0.581. The molecule has 5 heteroatoms. The first-order chi connectivity index (χ1) is 5.72. The Balaban J connectivity index is 3.63. The van der Waals surface area contributed by atoms with Crippen LogP contribution in [0.4, 0.5) is 0 Å². The van der Waals surface area contributed by atoms with Gasteiger partial charge in [-0.25, -0.2) is 4.79 Å². The number of aliphatic imine (C=N–C) groups is 1. The first kappa shape index (κ1) is 11.0. The second kappa shape index (κ2) is 6.67. The molecular formula is C7H13N3O2. The van der Waals surface area contributed by atoms with E-state index in [4.69, 9.17) is 11.5 Å². The summed E-state index contributed by atoms with van der Waals surface area (Å²) in [7, 11) is 0. The van der Waals surface area contributed by atoms with E-state index >= 15 is 0 Å². The van der Waals surface area contributed by atoms with E-state index < -0.39 is 11.9 Å². The van der Waals surface area contributed by atoms with E-state index in [0.717, 1.165) is 18.9 Å². The standard InChI is InChI=1S/C7H13N3O2/c8-4-2-1-3-6(9)7(12)10-5-11/h6H,1-4,8-9H2/t6-/m0/s1. The van der Waals surface area contributed by atoms with Gasteiger partial charge in [-0.1, -0.05) is 6.42 Å². The van der Waals surface area contributed by atoms with E-state index in [1.807, 2.05) is 0 Å². The molecule has 0 aromatic rings. The Morgan fingerprint density at radius 1 is 1.50 bits per heavy atom. The highest BCUT2D eigenvalue weighted by molar-refractivity contribution is 5.86. The van der Waals surface area contributed by atoms with Crippen LogP contribution in [-0.4, -0.2) is 24.6 Å². The zero-order valence-corrected chi connectivity index (χ0v) is 6.82. The van der Waals surface area contributed by atoms with E-state index in [2.05, 4.69) is 4.99 Å². The topological polar surface area (TPSA) is 98.5 Å². The van der Waals surface area contributed by atoms with Crippen molar-refractivity contribution < 1.29 is 9.59 Å². The smallest absolute Gasteiger partial charge is 0.273 e. The molecule has 0 bridgehead atoms. The van der Waals surface area contributed by atoms with Crippen LogP contribution in [0, 0.1) is 0 Å². The van der Waals surface area contributed by atoms with Crippen LogP contribution in [0.25, 0.3) is 0 Å². The normalized spacial score (nSPS) is 11.8. The number of hydrogen-bond acceptors (Lipinski definition) is 4. The van der Waals surface area contributed by atoms with Crippen LogP contribution in [0.3, 0.4) is 0 Å². The molecule has 0 saturated carbocycles. The van der Waals surface area contributed by atoms with E-state index in [0.29, 0.717) is 13.0 Å². The summed E-state index contributed by atoms with van der Waals surface area (Å²) in [4.78, 5) is 23.3. The quantitative estimate of drug-likeness (QED) is 0.325. The van der Waals surface area contributed by atoms with Crippen molar-refractivity contribution in [3.8, 4) is 0 Å². The van der Waals surface area contributed by atoms with E-state index in [-0.39, 0.29) is 0 Å². The Hall–Kier alpha value is -1.03. The Bertz CT molecular complexity index is 187. The molecule has 5 nitrogen and oxygen atoms in total. The average molecular weight is 171 g/mol. The number of carbonyl (C=O) groups excluding carboxylic acids is 2. The van der Waals surface area contributed by atoms with Gasteiger partial charge in [-0.15, -0.1) is 4.99 Å². The Morgan fingerprint density at radius 3 is 2.67 bits per heavy atom. The highest BCUT2D eigenvalue weighted by atomic mass is 16.2. The molecule has 0 aliphatic rings. The van der Waals surface area contributed by atoms with Crippen LogP contribution >= 0.6 is 0 Å². The second-order valence-corrected chi connectivity index (χ2v) is 2.43. The highest BCUT2D eigenvalue weighted by Crippen LogP contribution is 1.98. The predicted molar refractivity (Wildman–Crippen MR) is 44.0 cm³/mol. The molecule has 0 unspecified atom stereocenters. The third kappa shape index (κ3) is 4.73. The van der Waals surface area contributed by atoms with Crippen molar-refractivity contribution in [3.63, 3.8) is 0 Å². The van der Waals surface area contributed by atoms with Gasteiger partial charge in [-0.05, 0) is 19.4 Å².